The fourth-order valence-corrected chi connectivity index (χ4v) is 2.68. The van der Waals surface area contributed by atoms with E-state index in [1.807, 2.05) is 24.7 Å². The molecule has 1 aromatic heterocycles. The van der Waals surface area contributed by atoms with E-state index < -0.39 is 0 Å². The Morgan fingerprint density at radius 1 is 1.43 bits per heavy atom. The molecule has 21 heavy (non-hydrogen) atoms. The molecule has 0 unspecified atom stereocenters. The first-order valence-electron chi connectivity index (χ1n) is 7.40. The van der Waals surface area contributed by atoms with E-state index in [1.165, 1.54) is 18.4 Å². The summed E-state index contributed by atoms with van der Waals surface area (Å²) in [6.07, 6.45) is 6.29. The molecule has 0 spiro atoms. The highest BCUT2D eigenvalue weighted by atomic mass is 79.9. The van der Waals surface area contributed by atoms with Crippen LogP contribution in [0.3, 0.4) is 0 Å². The molecule has 0 radical (unpaired) electrons. The lowest BCUT2D eigenvalue weighted by Gasteiger charge is -2.13. The average Bonchev–Trinajstić information content (AvgIpc) is 3.21. The molecule has 2 aromatic rings. The maximum atomic E-state index is 6.01. The second kappa shape index (κ2) is 6.62. The third-order valence-corrected chi connectivity index (χ3v) is 4.19. The van der Waals surface area contributed by atoms with Gasteiger partial charge in [-0.25, -0.2) is 4.98 Å². The summed E-state index contributed by atoms with van der Waals surface area (Å²) >= 11 is 3.53. The van der Waals surface area contributed by atoms with Crippen molar-refractivity contribution in [2.24, 2.45) is 0 Å². The quantitative estimate of drug-likeness (QED) is 0.831. The Bertz CT molecular complexity index is 607. The molecule has 1 N–H and O–H groups in total. The van der Waals surface area contributed by atoms with Crippen LogP contribution in [-0.2, 0) is 19.7 Å². The monoisotopic (exact) mass is 349 g/mol. The summed E-state index contributed by atoms with van der Waals surface area (Å²) in [6, 6.07) is 6.87. The SMILES string of the molecule is CCn1cncc1COc1ccc(Br)cc1CNC1CC1. The van der Waals surface area contributed by atoms with Crippen LogP contribution in [0.1, 0.15) is 31.0 Å². The summed E-state index contributed by atoms with van der Waals surface area (Å²) < 4.78 is 9.19. The number of ether oxygens (including phenoxy) is 1. The largest absolute Gasteiger partial charge is 0.487 e. The molecule has 0 amide bonds. The van der Waals surface area contributed by atoms with E-state index in [-0.39, 0.29) is 0 Å². The van der Waals surface area contributed by atoms with Crippen LogP contribution < -0.4 is 10.1 Å². The molecular formula is C16H20BrN3O. The summed E-state index contributed by atoms with van der Waals surface area (Å²) in [6.45, 7) is 4.42. The smallest absolute Gasteiger partial charge is 0.130 e. The number of nitrogens with one attached hydrogen (secondary N) is 1. The third kappa shape index (κ3) is 3.86. The third-order valence-electron chi connectivity index (χ3n) is 3.70. The van der Waals surface area contributed by atoms with Crippen LogP contribution >= 0.6 is 15.9 Å². The van der Waals surface area contributed by atoms with Gasteiger partial charge in [0, 0.05) is 29.2 Å². The Hall–Kier alpha value is -1.33. The molecule has 0 bridgehead atoms. The average molecular weight is 350 g/mol. The predicted molar refractivity (Wildman–Crippen MR) is 86.2 cm³/mol. The van der Waals surface area contributed by atoms with E-state index >= 15 is 0 Å². The predicted octanol–water partition coefficient (Wildman–Crippen LogP) is 3.50. The van der Waals surface area contributed by atoms with E-state index in [1.54, 1.807) is 0 Å². The first kappa shape index (κ1) is 14.6. The number of hydrogen-bond donors (Lipinski definition) is 1. The Kier molecular flexibility index (Phi) is 4.60. The highest BCUT2D eigenvalue weighted by molar-refractivity contribution is 9.10. The van der Waals surface area contributed by atoms with Gasteiger partial charge in [0.2, 0.25) is 0 Å². The molecule has 4 nitrogen and oxygen atoms in total. The fourth-order valence-electron chi connectivity index (χ4n) is 2.27. The van der Waals surface area contributed by atoms with E-state index in [9.17, 15) is 0 Å². The minimum atomic E-state index is 0.548. The zero-order chi connectivity index (χ0) is 14.7. The maximum Gasteiger partial charge on any atom is 0.130 e. The van der Waals surface area contributed by atoms with Crippen LogP contribution in [-0.4, -0.2) is 15.6 Å². The molecule has 3 rings (SSSR count). The normalized spacial score (nSPS) is 14.4. The van der Waals surface area contributed by atoms with E-state index in [0.717, 1.165) is 29.0 Å². The van der Waals surface area contributed by atoms with Gasteiger partial charge in [-0.2, -0.15) is 0 Å². The molecular weight excluding hydrogens is 330 g/mol. The van der Waals surface area contributed by atoms with Crippen LogP contribution in [0, 0.1) is 0 Å². The van der Waals surface area contributed by atoms with Crippen molar-refractivity contribution >= 4 is 15.9 Å². The number of nitrogens with zero attached hydrogens (tertiary/aromatic N) is 2. The fraction of sp³-hybridized carbons (Fsp3) is 0.438. The lowest BCUT2D eigenvalue weighted by molar-refractivity contribution is 0.291. The van der Waals surface area contributed by atoms with Gasteiger partial charge in [0.1, 0.15) is 12.4 Å². The lowest BCUT2D eigenvalue weighted by atomic mass is 10.2. The maximum absolute atomic E-state index is 6.01. The van der Waals surface area contributed by atoms with Crippen LogP contribution in [0.4, 0.5) is 0 Å². The number of hydrogen-bond acceptors (Lipinski definition) is 3. The van der Waals surface area contributed by atoms with Crippen LogP contribution in [0.5, 0.6) is 5.75 Å². The van der Waals surface area contributed by atoms with Crippen LogP contribution in [0.2, 0.25) is 0 Å². The summed E-state index contributed by atoms with van der Waals surface area (Å²) in [5, 5.41) is 3.54. The molecule has 1 aliphatic rings. The van der Waals surface area contributed by atoms with Crippen molar-refractivity contribution in [1.82, 2.24) is 14.9 Å². The van der Waals surface area contributed by atoms with Crippen molar-refractivity contribution in [3.63, 3.8) is 0 Å². The number of benzene rings is 1. The standard InChI is InChI=1S/C16H20BrN3O/c1-2-20-11-18-9-15(20)10-21-16-6-3-13(17)7-12(16)8-19-14-4-5-14/h3,6-7,9,11,14,19H,2,4-5,8,10H2,1H3. The summed E-state index contributed by atoms with van der Waals surface area (Å²) in [4.78, 5) is 4.17. The molecule has 1 aromatic carbocycles. The van der Waals surface area contributed by atoms with Crippen molar-refractivity contribution < 1.29 is 4.74 Å². The minimum Gasteiger partial charge on any atom is -0.487 e. The Morgan fingerprint density at radius 2 is 2.29 bits per heavy atom. The first-order chi connectivity index (χ1) is 10.3. The first-order valence-corrected chi connectivity index (χ1v) is 8.19. The number of imidazole rings is 1. The highest BCUT2D eigenvalue weighted by Gasteiger charge is 2.20. The van der Waals surface area contributed by atoms with E-state index in [2.05, 4.69) is 43.8 Å². The van der Waals surface area contributed by atoms with Crippen molar-refractivity contribution in [2.45, 2.75) is 45.5 Å². The van der Waals surface area contributed by atoms with Gasteiger partial charge >= 0.3 is 0 Å². The van der Waals surface area contributed by atoms with Crippen LogP contribution in [0.15, 0.2) is 35.2 Å². The number of aromatic nitrogens is 2. The molecule has 5 heteroatoms. The highest BCUT2D eigenvalue weighted by Crippen LogP contribution is 2.26. The van der Waals surface area contributed by atoms with E-state index in [4.69, 9.17) is 4.74 Å². The molecule has 1 aliphatic carbocycles. The molecule has 1 heterocycles. The summed E-state index contributed by atoms with van der Waals surface area (Å²) in [5.74, 6) is 0.940. The minimum absolute atomic E-state index is 0.548. The van der Waals surface area contributed by atoms with Gasteiger partial charge in [0.05, 0.1) is 18.2 Å². The topological polar surface area (TPSA) is 39.1 Å². The Balaban J connectivity index is 1.68. The van der Waals surface area contributed by atoms with Crippen molar-refractivity contribution in [3.05, 3.63) is 46.5 Å². The Morgan fingerprint density at radius 3 is 3.05 bits per heavy atom. The van der Waals surface area contributed by atoms with Gasteiger partial charge < -0.3 is 14.6 Å². The molecule has 1 saturated carbocycles. The zero-order valence-corrected chi connectivity index (χ0v) is 13.8. The second-order valence-electron chi connectivity index (χ2n) is 5.37. The van der Waals surface area contributed by atoms with Gasteiger partial charge in [0.15, 0.2) is 0 Å². The second-order valence-corrected chi connectivity index (χ2v) is 6.28. The molecule has 0 aliphatic heterocycles. The number of rotatable bonds is 7. The summed E-state index contributed by atoms with van der Waals surface area (Å²) in [7, 11) is 0. The number of aryl methyl sites for hydroxylation is 1. The van der Waals surface area contributed by atoms with Gasteiger partial charge in [0.25, 0.3) is 0 Å². The van der Waals surface area contributed by atoms with Crippen molar-refractivity contribution in [1.29, 1.82) is 0 Å². The zero-order valence-electron chi connectivity index (χ0n) is 12.2. The van der Waals surface area contributed by atoms with Gasteiger partial charge in [-0.1, -0.05) is 15.9 Å². The van der Waals surface area contributed by atoms with Crippen LogP contribution in [0.25, 0.3) is 0 Å². The van der Waals surface area contributed by atoms with E-state index in [0.29, 0.717) is 12.6 Å². The van der Waals surface area contributed by atoms with Crippen molar-refractivity contribution in [3.8, 4) is 5.75 Å². The molecule has 112 valence electrons. The van der Waals surface area contributed by atoms with Gasteiger partial charge in [-0.05, 0) is 38.0 Å². The molecule has 0 atom stereocenters. The lowest BCUT2D eigenvalue weighted by Crippen LogP contribution is -2.16. The van der Waals surface area contributed by atoms with Crippen molar-refractivity contribution in [2.75, 3.05) is 0 Å². The molecule has 1 fully saturated rings. The van der Waals surface area contributed by atoms with Gasteiger partial charge in [-0.3, -0.25) is 0 Å². The number of halogens is 1. The molecule has 0 saturated heterocycles. The summed E-state index contributed by atoms with van der Waals surface area (Å²) in [5.41, 5.74) is 2.29. The van der Waals surface area contributed by atoms with Gasteiger partial charge in [-0.15, -0.1) is 0 Å². The Labute approximate surface area is 133 Å².